The minimum absolute atomic E-state index is 0.472. The lowest BCUT2D eigenvalue weighted by molar-refractivity contribution is 0.831. The fraction of sp³-hybridized carbons (Fsp3) is 0.231. The maximum absolute atomic E-state index is 5.98. The summed E-state index contributed by atoms with van der Waals surface area (Å²) in [7, 11) is 0. The van der Waals surface area contributed by atoms with E-state index in [0.717, 1.165) is 17.6 Å². The van der Waals surface area contributed by atoms with Crippen LogP contribution in [0.2, 0.25) is 5.02 Å². The second-order valence-corrected chi connectivity index (χ2v) is 5.71. The first-order valence-corrected chi connectivity index (χ1v) is 7.27. The SMILES string of the molecule is CCc1ccsc1Cn1c(N)nc2cc(Cl)cnc21. The first-order chi connectivity index (χ1) is 9.19. The van der Waals surface area contributed by atoms with Gasteiger partial charge < -0.3 is 5.73 Å². The molecule has 3 aromatic heterocycles. The van der Waals surface area contributed by atoms with Gasteiger partial charge in [-0.1, -0.05) is 18.5 Å². The normalized spacial score (nSPS) is 11.3. The molecule has 0 radical (unpaired) electrons. The van der Waals surface area contributed by atoms with Crippen molar-refractivity contribution in [2.75, 3.05) is 5.73 Å². The maximum atomic E-state index is 5.98. The molecule has 0 bridgehead atoms. The number of fused-ring (bicyclic) bond motifs is 1. The Hall–Kier alpha value is -1.59. The van der Waals surface area contributed by atoms with Crippen molar-refractivity contribution in [1.82, 2.24) is 14.5 Å². The Morgan fingerprint density at radius 2 is 2.32 bits per heavy atom. The average molecular weight is 293 g/mol. The van der Waals surface area contributed by atoms with E-state index >= 15 is 0 Å². The highest BCUT2D eigenvalue weighted by Gasteiger charge is 2.12. The van der Waals surface area contributed by atoms with E-state index in [0.29, 0.717) is 17.5 Å². The number of nitrogens with two attached hydrogens (primary N) is 1. The van der Waals surface area contributed by atoms with E-state index in [-0.39, 0.29) is 0 Å². The van der Waals surface area contributed by atoms with Gasteiger partial charge in [-0.3, -0.25) is 4.57 Å². The van der Waals surface area contributed by atoms with Crippen LogP contribution >= 0.6 is 22.9 Å². The summed E-state index contributed by atoms with van der Waals surface area (Å²) in [5.41, 5.74) is 8.84. The number of rotatable bonds is 3. The van der Waals surface area contributed by atoms with Gasteiger partial charge >= 0.3 is 0 Å². The number of nitrogen functional groups attached to an aromatic ring is 1. The van der Waals surface area contributed by atoms with Crippen LogP contribution in [-0.2, 0) is 13.0 Å². The molecule has 0 aliphatic rings. The van der Waals surface area contributed by atoms with Crippen molar-refractivity contribution >= 4 is 40.0 Å². The van der Waals surface area contributed by atoms with Crippen molar-refractivity contribution in [2.45, 2.75) is 19.9 Å². The molecule has 0 aliphatic carbocycles. The number of nitrogens with zero attached hydrogens (tertiary/aromatic N) is 3. The lowest BCUT2D eigenvalue weighted by Crippen LogP contribution is -2.05. The van der Waals surface area contributed by atoms with Crippen LogP contribution in [0.1, 0.15) is 17.4 Å². The van der Waals surface area contributed by atoms with Crippen molar-refractivity contribution in [3.8, 4) is 0 Å². The number of hydrogen-bond donors (Lipinski definition) is 1. The fourth-order valence-electron chi connectivity index (χ4n) is 2.12. The molecule has 0 saturated carbocycles. The summed E-state index contributed by atoms with van der Waals surface area (Å²) in [6, 6.07) is 3.94. The van der Waals surface area contributed by atoms with E-state index in [2.05, 4.69) is 28.3 Å². The smallest absolute Gasteiger partial charge is 0.202 e. The summed E-state index contributed by atoms with van der Waals surface area (Å²) in [6.45, 7) is 2.86. The number of pyridine rings is 1. The predicted octanol–water partition coefficient (Wildman–Crippen LogP) is 3.34. The molecule has 3 aromatic rings. The zero-order valence-corrected chi connectivity index (χ0v) is 12.0. The minimum atomic E-state index is 0.472. The Labute approximate surface area is 119 Å². The van der Waals surface area contributed by atoms with Crippen LogP contribution in [0.25, 0.3) is 11.2 Å². The Balaban J connectivity index is 2.08. The van der Waals surface area contributed by atoms with Crippen LogP contribution in [0, 0.1) is 0 Å². The number of hydrogen-bond acceptors (Lipinski definition) is 4. The maximum Gasteiger partial charge on any atom is 0.202 e. The molecule has 3 heterocycles. The third kappa shape index (κ3) is 2.19. The lowest BCUT2D eigenvalue weighted by atomic mass is 10.2. The molecule has 0 amide bonds. The molecule has 98 valence electrons. The monoisotopic (exact) mass is 292 g/mol. The number of anilines is 1. The van der Waals surface area contributed by atoms with E-state index in [9.17, 15) is 0 Å². The molecule has 0 atom stereocenters. The van der Waals surface area contributed by atoms with Crippen molar-refractivity contribution in [2.24, 2.45) is 0 Å². The van der Waals surface area contributed by atoms with Gasteiger partial charge in [0.05, 0.1) is 11.6 Å². The molecule has 0 saturated heterocycles. The highest BCUT2D eigenvalue weighted by molar-refractivity contribution is 7.10. The van der Waals surface area contributed by atoms with Crippen LogP contribution in [0.5, 0.6) is 0 Å². The van der Waals surface area contributed by atoms with Crippen molar-refractivity contribution in [3.63, 3.8) is 0 Å². The van der Waals surface area contributed by atoms with Gasteiger partial charge in [-0.25, -0.2) is 9.97 Å². The first kappa shape index (κ1) is 12.4. The zero-order valence-electron chi connectivity index (χ0n) is 10.4. The molecule has 3 rings (SSSR count). The van der Waals surface area contributed by atoms with E-state index in [4.69, 9.17) is 17.3 Å². The standard InChI is InChI=1S/C13H13ClN4S/c1-2-8-3-4-19-11(8)7-18-12-10(17-13(18)15)5-9(14)6-16-12/h3-6H,2,7H2,1H3,(H2,15,17). The van der Waals surface area contributed by atoms with Crippen LogP contribution in [-0.4, -0.2) is 14.5 Å². The number of halogens is 1. The highest BCUT2D eigenvalue weighted by atomic mass is 35.5. The molecule has 0 aromatic carbocycles. The highest BCUT2D eigenvalue weighted by Crippen LogP contribution is 2.24. The van der Waals surface area contributed by atoms with Gasteiger partial charge in [0.1, 0.15) is 5.52 Å². The Kier molecular flexibility index (Phi) is 3.16. The third-order valence-electron chi connectivity index (χ3n) is 3.10. The molecule has 6 heteroatoms. The molecule has 4 nitrogen and oxygen atoms in total. The first-order valence-electron chi connectivity index (χ1n) is 6.01. The minimum Gasteiger partial charge on any atom is -0.369 e. The molecule has 2 N–H and O–H groups in total. The van der Waals surface area contributed by atoms with E-state index in [1.807, 2.05) is 4.57 Å². The van der Waals surface area contributed by atoms with Gasteiger partial charge in [0, 0.05) is 11.1 Å². The van der Waals surface area contributed by atoms with Gasteiger partial charge in [-0.05, 0) is 29.5 Å². The summed E-state index contributed by atoms with van der Waals surface area (Å²) >= 11 is 7.65. The van der Waals surface area contributed by atoms with Gasteiger partial charge in [0.25, 0.3) is 0 Å². The number of imidazole rings is 1. The Bertz CT molecular complexity index is 731. The molecule has 0 spiro atoms. The Morgan fingerprint density at radius 3 is 3.11 bits per heavy atom. The summed E-state index contributed by atoms with van der Waals surface area (Å²) in [5.74, 6) is 0.472. The summed E-state index contributed by atoms with van der Waals surface area (Å²) in [6.07, 6.45) is 2.64. The van der Waals surface area contributed by atoms with Crippen LogP contribution in [0.15, 0.2) is 23.7 Å². The zero-order chi connectivity index (χ0) is 13.4. The van der Waals surface area contributed by atoms with Crippen molar-refractivity contribution in [3.05, 3.63) is 39.2 Å². The van der Waals surface area contributed by atoms with Gasteiger partial charge in [0.15, 0.2) is 5.65 Å². The third-order valence-corrected chi connectivity index (χ3v) is 4.26. The second-order valence-electron chi connectivity index (χ2n) is 4.27. The quantitative estimate of drug-likeness (QED) is 0.805. The van der Waals surface area contributed by atoms with Crippen LogP contribution in [0.4, 0.5) is 5.95 Å². The average Bonchev–Trinajstić information content (AvgIpc) is 2.95. The number of aromatic nitrogens is 3. The van der Waals surface area contributed by atoms with Crippen molar-refractivity contribution < 1.29 is 0 Å². The van der Waals surface area contributed by atoms with E-state index < -0.39 is 0 Å². The molecular formula is C13H13ClN4S. The van der Waals surface area contributed by atoms with E-state index in [1.54, 1.807) is 23.6 Å². The van der Waals surface area contributed by atoms with Crippen LogP contribution < -0.4 is 5.73 Å². The molecule has 0 aliphatic heterocycles. The van der Waals surface area contributed by atoms with Gasteiger partial charge in [0.2, 0.25) is 5.95 Å². The molecular weight excluding hydrogens is 280 g/mol. The molecule has 0 fully saturated rings. The molecule has 19 heavy (non-hydrogen) atoms. The lowest BCUT2D eigenvalue weighted by Gasteiger charge is -2.06. The Morgan fingerprint density at radius 1 is 1.47 bits per heavy atom. The largest absolute Gasteiger partial charge is 0.369 e. The van der Waals surface area contributed by atoms with Crippen LogP contribution in [0.3, 0.4) is 0 Å². The van der Waals surface area contributed by atoms with Gasteiger partial charge in [-0.15, -0.1) is 11.3 Å². The van der Waals surface area contributed by atoms with E-state index in [1.165, 1.54) is 10.4 Å². The summed E-state index contributed by atoms with van der Waals surface area (Å²) < 4.78 is 1.93. The van der Waals surface area contributed by atoms with Crippen molar-refractivity contribution in [1.29, 1.82) is 0 Å². The topological polar surface area (TPSA) is 56.7 Å². The second kappa shape index (κ2) is 4.83. The van der Waals surface area contributed by atoms with Gasteiger partial charge in [-0.2, -0.15) is 0 Å². The summed E-state index contributed by atoms with van der Waals surface area (Å²) in [4.78, 5) is 9.94. The summed E-state index contributed by atoms with van der Waals surface area (Å²) in [5, 5.41) is 2.68. The number of thiophene rings is 1. The predicted molar refractivity (Wildman–Crippen MR) is 79.7 cm³/mol. The molecule has 0 unspecified atom stereocenters. The number of aryl methyl sites for hydroxylation is 1. The fourth-order valence-corrected chi connectivity index (χ4v) is 3.24.